The quantitative estimate of drug-likeness (QED) is 0.239. The minimum atomic E-state index is -3.19. The number of aliphatic imine (C=N–C) groups is 1. The van der Waals surface area contributed by atoms with Gasteiger partial charge in [-0.3, -0.25) is 0 Å². The second kappa shape index (κ2) is 12.6. The van der Waals surface area contributed by atoms with Crippen molar-refractivity contribution in [2.45, 2.75) is 24.3 Å². The first-order chi connectivity index (χ1) is 15.0. The van der Waals surface area contributed by atoms with Gasteiger partial charge in [-0.05, 0) is 35.7 Å². The Morgan fingerprint density at radius 3 is 1.84 bits per heavy atom. The SMILES string of the molecule is CCNC(=NCc1ccc(S(C)(=O)=O)cc1)NCC(c1ccccc1)c1ccccc1.I. The van der Waals surface area contributed by atoms with Gasteiger partial charge in [-0.25, -0.2) is 13.4 Å². The molecule has 0 aliphatic carbocycles. The lowest BCUT2D eigenvalue weighted by atomic mass is 9.91. The zero-order valence-corrected chi connectivity index (χ0v) is 21.5. The summed E-state index contributed by atoms with van der Waals surface area (Å²) in [5.74, 6) is 0.923. The molecule has 0 amide bonds. The first-order valence-electron chi connectivity index (χ1n) is 10.4. The molecule has 0 aliphatic rings. The highest BCUT2D eigenvalue weighted by Crippen LogP contribution is 2.23. The molecule has 0 aromatic heterocycles. The van der Waals surface area contributed by atoms with Crippen molar-refractivity contribution < 1.29 is 8.42 Å². The van der Waals surface area contributed by atoms with E-state index < -0.39 is 9.84 Å². The zero-order valence-electron chi connectivity index (χ0n) is 18.4. The van der Waals surface area contributed by atoms with E-state index in [9.17, 15) is 8.42 Å². The standard InChI is InChI=1S/C25H29N3O2S.HI/c1-3-26-25(27-18-20-14-16-23(17-15-20)31(2,29)30)28-19-24(21-10-6-4-7-11-21)22-12-8-5-9-13-22;/h4-17,24H,3,18-19H2,1-2H3,(H2,26,27,28);1H. The van der Waals surface area contributed by atoms with Crippen LogP contribution in [0.5, 0.6) is 0 Å². The number of nitrogens with one attached hydrogen (secondary N) is 2. The summed E-state index contributed by atoms with van der Waals surface area (Å²) in [6.45, 7) is 3.94. The monoisotopic (exact) mass is 563 g/mol. The predicted molar refractivity (Wildman–Crippen MR) is 143 cm³/mol. The molecule has 3 aromatic carbocycles. The molecule has 0 saturated heterocycles. The van der Waals surface area contributed by atoms with Crippen molar-refractivity contribution >= 4 is 39.8 Å². The molecule has 32 heavy (non-hydrogen) atoms. The van der Waals surface area contributed by atoms with Crippen LogP contribution < -0.4 is 10.6 Å². The van der Waals surface area contributed by atoms with Crippen molar-refractivity contribution in [1.29, 1.82) is 0 Å². The normalized spacial score (nSPS) is 11.7. The number of halogens is 1. The van der Waals surface area contributed by atoms with Gasteiger partial charge in [0.05, 0.1) is 11.4 Å². The molecule has 5 nitrogen and oxygen atoms in total. The molecule has 3 aromatic rings. The molecule has 0 heterocycles. The summed E-state index contributed by atoms with van der Waals surface area (Å²) in [6, 6.07) is 27.7. The summed E-state index contributed by atoms with van der Waals surface area (Å²) in [6.07, 6.45) is 1.21. The third-order valence-electron chi connectivity index (χ3n) is 4.99. The maximum Gasteiger partial charge on any atom is 0.191 e. The van der Waals surface area contributed by atoms with Crippen LogP contribution in [0.2, 0.25) is 0 Å². The Balaban J connectivity index is 0.00000363. The summed E-state index contributed by atoms with van der Waals surface area (Å²) in [5.41, 5.74) is 3.44. The van der Waals surface area contributed by atoms with Crippen LogP contribution in [0.3, 0.4) is 0 Å². The van der Waals surface area contributed by atoms with E-state index in [1.807, 2.05) is 19.1 Å². The van der Waals surface area contributed by atoms with E-state index in [1.54, 1.807) is 24.3 Å². The van der Waals surface area contributed by atoms with E-state index in [0.717, 1.165) is 18.1 Å². The maximum absolute atomic E-state index is 11.6. The van der Waals surface area contributed by atoms with Gasteiger partial charge in [-0.15, -0.1) is 24.0 Å². The minimum absolute atomic E-state index is 0. The van der Waals surface area contributed by atoms with Crippen LogP contribution in [-0.4, -0.2) is 33.7 Å². The number of rotatable bonds is 8. The third-order valence-corrected chi connectivity index (χ3v) is 6.12. The van der Waals surface area contributed by atoms with Gasteiger partial charge < -0.3 is 10.6 Å². The Morgan fingerprint density at radius 2 is 1.38 bits per heavy atom. The largest absolute Gasteiger partial charge is 0.357 e. The number of benzene rings is 3. The molecule has 0 aliphatic heterocycles. The van der Waals surface area contributed by atoms with Crippen LogP contribution in [0.1, 0.15) is 29.5 Å². The lowest BCUT2D eigenvalue weighted by Gasteiger charge is -2.20. The molecule has 0 bridgehead atoms. The van der Waals surface area contributed by atoms with E-state index in [-0.39, 0.29) is 29.9 Å². The fourth-order valence-electron chi connectivity index (χ4n) is 3.35. The highest BCUT2D eigenvalue weighted by Gasteiger charge is 2.14. The van der Waals surface area contributed by atoms with E-state index >= 15 is 0 Å². The predicted octanol–water partition coefficient (Wildman–Crippen LogP) is 4.60. The molecule has 0 spiro atoms. The van der Waals surface area contributed by atoms with E-state index in [2.05, 4.69) is 64.2 Å². The van der Waals surface area contributed by atoms with Gasteiger partial charge in [0.1, 0.15) is 0 Å². The third kappa shape index (κ3) is 7.63. The second-order valence-corrected chi connectivity index (χ2v) is 9.38. The van der Waals surface area contributed by atoms with Gasteiger partial charge in [0.2, 0.25) is 0 Å². The summed E-state index contributed by atoms with van der Waals surface area (Å²) in [7, 11) is -3.19. The van der Waals surface area contributed by atoms with Crippen LogP contribution in [0.4, 0.5) is 0 Å². The smallest absolute Gasteiger partial charge is 0.191 e. The first-order valence-corrected chi connectivity index (χ1v) is 12.3. The van der Waals surface area contributed by atoms with Gasteiger partial charge in [0, 0.05) is 25.3 Å². The summed E-state index contributed by atoms with van der Waals surface area (Å²) in [5, 5.41) is 6.76. The van der Waals surface area contributed by atoms with Crippen molar-refractivity contribution in [3.63, 3.8) is 0 Å². The number of nitrogens with zero attached hydrogens (tertiary/aromatic N) is 1. The van der Waals surface area contributed by atoms with Gasteiger partial charge in [-0.1, -0.05) is 72.8 Å². The molecular formula is C25H30IN3O2S. The molecule has 2 N–H and O–H groups in total. The van der Waals surface area contributed by atoms with E-state index in [1.165, 1.54) is 17.4 Å². The highest BCUT2D eigenvalue weighted by atomic mass is 127. The van der Waals surface area contributed by atoms with Crippen molar-refractivity contribution in [3.05, 3.63) is 102 Å². The Labute approximate surface area is 208 Å². The lowest BCUT2D eigenvalue weighted by Crippen LogP contribution is -2.39. The number of hydrogen-bond acceptors (Lipinski definition) is 3. The Kier molecular flexibility index (Phi) is 10.2. The molecule has 0 saturated carbocycles. The molecule has 0 radical (unpaired) electrons. The topological polar surface area (TPSA) is 70.6 Å². The molecule has 0 atom stereocenters. The summed E-state index contributed by atoms with van der Waals surface area (Å²) in [4.78, 5) is 5.00. The van der Waals surface area contributed by atoms with Crippen molar-refractivity contribution in [2.75, 3.05) is 19.3 Å². The number of sulfone groups is 1. The average Bonchev–Trinajstić information content (AvgIpc) is 2.78. The maximum atomic E-state index is 11.6. The average molecular weight is 564 g/mol. The van der Waals surface area contributed by atoms with Crippen molar-refractivity contribution in [2.24, 2.45) is 4.99 Å². The molecule has 170 valence electrons. The summed E-state index contributed by atoms with van der Waals surface area (Å²) >= 11 is 0. The summed E-state index contributed by atoms with van der Waals surface area (Å²) < 4.78 is 23.3. The van der Waals surface area contributed by atoms with Crippen LogP contribution in [-0.2, 0) is 16.4 Å². The molecular weight excluding hydrogens is 533 g/mol. The molecule has 0 unspecified atom stereocenters. The zero-order chi connectivity index (χ0) is 22.1. The first kappa shape index (κ1) is 25.9. The van der Waals surface area contributed by atoms with Gasteiger partial charge in [0.25, 0.3) is 0 Å². The van der Waals surface area contributed by atoms with Crippen molar-refractivity contribution in [3.8, 4) is 0 Å². The second-order valence-electron chi connectivity index (χ2n) is 7.37. The van der Waals surface area contributed by atoms with Gasteiger partial charge >= 0.3 is 0 Å². The minimum Gasteiger partial charge on any atom is -0.357 e. The van der Waals surface area contributed by atoms with Crippen LogP contribution in [0.15, 0.2) is 94.8 Å². The highest BCUT2D eigenvalue weighted by molar-refractivity contribution is 14.0. The van der Waals surface area contributed by atoms with E-state index in [0.29, 0.717) is 18.0 Å². The fourth-order valence-corrected chi connectivity index (χ4v) is 3.98. The Morgan fingerprint density at radius 1 is 0.844 bits per heavy atom. The van der Waals surface area contributed by atoms with Gasteiger partial charge in [0.15, 0.2) is 15.8 Å². The van der Waals surface area contributed by atoms with Crippen LogP contribution in [0, 0.1) is 0 Å². The Bertz CT molecular complexity index is 1050. The van der Waals surface area contributed by atoms with E-state index in [4.69, 9.17) is 0 Å². The fraction of sp³-hybridized carbons (Fsp3) is 0.240. The molecule has 0 fully saturated rings. The number of guanidine groups is 1. The lowest BCUT2D eigenvalue weighted by molar-refractivity contribution is 0.602. The van der Waals surface area contributed by atoms with Crippen LogP contribution in [0.25, 0.3) is 0 Å². The Hall–Kier alpha value is -2.39. The van der Waals surface area contributed by atoms with Gasteiger partial charge in [-0.2, -0.15) is 0 Å². The molecule has 3 rings (SSSR count). The molecule has 7 heteroatoms. The number of hydrogen-bond donors (Lipinski definition) is 2. The van der Waals surface area contributed by atoms with Crippen molar-refractivity contribution in [1.82, 2.24) is 10.6 Å². The van der Waals surface area contributed by atoms with Crippen LogP contribution >= 0.6 is 24.0 Å².